The molecular weight excluding hydrogens is 412 g/mol. The lowest BCUT2D eigenvalue weighted by atomic mass is 10.1. The highest BCUT2D eigenvalue weighted by molar-refractivity contribution is 5.94. The molecule has 0 unspecified atom stereocenters. The second-order valence-corrected chi connectivity index (χ2v) is 7.80. The van der Waals surface area contributed by atoms with E-state index >= 15 is 0 Å². The van der Waals surface area contributed by atoms with Crippen molar-refractivity contribution in [1.82, 2.24) is 15.6 Å². The first-order chi connectivity index (χ1) is 16.3. The second-order valence-electron chi connectivity index (χ2n) is 7.80. The lowest BCUT2D eigenvalue weighted by molar-refractivity contribution is 0.0950. The summed E-state index contributed by atoms with van der Waals surface area (Å²) in [6, 6.07) is 19.3. The van der Waals surface area contributed by atoms with Gasteiger partial charge in [-0.25, -0.2) is 5.43 Å². The number of hydrogen-bond acceptors (Lipinski definition) is 4. The van der Waals surface area contributed by atoms with Crippen LogP contribution >= 0.6 is 0 Å². The van der Waals surface area contributed by atoms with Crippen LogP contribution in [0, 0.1) is 0 Å². The Morgan fingerprint density at radius 2 is 1.79 bits per heavy atom. The van der Waals surface area contributed by atoms with E-state index in [1.807, 2.05) is 60.7 Å². The van der Waals surface area contributed by atoms with E-state index < -0.39 is 0 Å². The molecule has 172 valence electrons. The number of carbonyl (C=O) groups excluding carboxylic acids is 1. The van der Waals surface area contributed by atoms with Gasteiger partial charge in [-0.2, -0.15) is 10.2 Å². The predicted molar refractivity (Wildman–Crippen MR) is 134 cm³/mol. The molecule has 1 heterocycles. The van der Waals surface area contributed by atoms with Gasteiger partial charge in [0, 0.05) is 11.8 Å². The van der Waals surface area contributed by atoms with E-state index in [9.17, 15) is 4.79 Å². The minimum atomic E-state index is -0.350. The highest BCUT2D eigenvalue weighted by Crippen LogP contribution is 2.21. The average molecular weight is 445 g/mol. The molecule has 0 atom stereocenters. The van der Waals surface area contributed by atoms with Crippen molar-refractivity contribution < 1.29 is 9.53 Å². The molecule has 0 saturated carbocycles. The summed E-state index contributed by atoms with van der Waals surface area (Å²) in [6.45, 7) is 2.96. The van der Waals surface area contributed by atoms with Crippen LogP contribution in [0.25, 0.3) is 17.3 Å². The zero-order valence-corrected chi connectivity index (χ0v) is 19.2. The topological polar surface area (TPSA) is 79.4 Å². The Morgan fingerprint density at radius 3 is 2.58 bits per heavy atom. The Balaban J connectivity index is 1.43. The molecule has 0 fully saturated rings. The smallest absolute Gasteiger partial charge is 0.289 e. The molecule has 0 aliphatic rings. The number of amides is 1. The molecule has 0 saturated heterocycles. The molecule has 6 nitrogen and oxygen atoms in total. The Kier molecular flexibility index (Phi) is 9.94. The fraction of sp³-hybridized carbons (Fsp3) is 0.296. The minimum absolute atomic E-state index is 0.345. The van der Waals surface area contributed by atoms with Gasteiger partial charge in [0.25, 0.3) is 5.91 Å². The second kappa shape index (κ2) is 13.7. The number of hydrogen-bond donors (Lipinski definition) is 2. The maximum atomic E-state index is 12.3. The standard InChI is InChI=1S/C27H32N4O2/c1-2-3-4-5-6-10-20-33-24-17-15-23(16-18-24)25-21-26(30-29-25)27(32)31-28-19-11-14-22-12-8-7-9-13-22/h7-9,11-19,21H,2-6,10,20H2,1H3,(H,29,30)(H,31,32). The Hall–Kier alpha value is -3.67. The number of allylic oxidation sites excluding steroid dienone is 1. The van der Waals surface area contributed by atoms with Gasteiger partial charge in [0.05, 0.1) is 12.3 Å². The van der Waals surface area contributed by atoms with Gasteiger partial charge < -0.3 is 4.74 Å². The van der Waals surface area contributed by atoms with E-state index in [0.29, 0.717) is 11.4 Å². The van der Waals surface area contributed by atoms with E-state index in [1.54, 1.807) is 12.1 Å². The zero-order chi connectivity index (χ0) is 23.1. The molecule has 0 aliphatic heterocycles. The van der Waals surface area contributed by atoms with Crippen molar-refractivity contribution in [3.05, 3.63) is 78.0 Å². The van der Waals surface area contributed by atoms with Crippen LogP contribution in [0.15, 0.2) is 71.8 Å². The molecule has 1 amide bonds. The first kappa shape index (κ1) is 24.0. The number of ether oxygens (including phenoxy) is 1. The largest absolute Gasteiger partial charge is 0.494 e. The van der Waals surface area contributed by atoms with Crippen molar-refractivity contribution in [2.75, 3.05) is 6.61 Å². The van der Waals surface area contributed by atoms with Gasteiger partial charge >= 0.3 is 0 Å². The number of H-pyrrole nitrogens is 1. The van der Waals surface area contributed by atoms with Crippen molar-refractivity contribution in [3.8, 4) is 17.0 Å². The Labute approximate surface area is 195 Å². The molecule has 3 rings (SSSR count). The van der Waals surface area contributed by atoms with E-state index in [2.05, 4.69) is 27.6 Å². The molecule has 0 aliphatic carbocycles. The van der Waals surface area contributed by atoms with Crippen LogP contribution in [-0.4, -0.2) is 28.9 Å². The van der Waals surface area contributed by atoms with Crippen LogP contribution in [0.2, 0.25) is 0 Å². The average Bonchev–Trinajstić information content (AvgIpc) is 3.35. The van der Waals surface area contributed by atoms with Crippen LogP contribution in [0.1, 0.15) is 61.5 Å². The van der Waals surface area contributed by atoms with Crippen molar-refractivity contribution >= 4 is 18.2 Å². The van der Waals surface area contributed by atoms with E-state index in [-0.39, 0.29) is 5.91 Å². The summed E-state index contributed by atoms with van der Waals surface area (Å²) in [5.41, 5.74) is 5.50. The fourth-order valence-electron chi connectivity index (χ4n) is 3.30. The van der Waals surface area contributed by atoms with Gasteiger partial charge in [-0.3, -0.25) is 9.89 Å². The van der Waals surface area contributed by atoms with Gasteiger partial charge in [0.2, 0.25) is 0 Å². The number of rotatable bonds is 13. The van der Waals surface area contributed by atoms with Crippen molar-refractivity contribution in [2.45, 2.75) is 45.4 Å². The molecular formula is C27H32N4O2. The zero-order valence-electron chi connectivity index (χ0n) is 19.2. The van der Waals surface area contributed by atoms with Crippen LogP contribution < -0.4 is 10.2 Å². The summed E-state index contributed by atoms with van der Waals surface area (Å²) in [5, 5.41) is 10.9. The van der Waals surface area contributed by atoms with Crippen LogP contribution in [0.3, 0.4) is 0 Å². The van der Waals surface area contributed by atoms with Crippen molar-refractivity contribution in [2.24, 2.45) is 5.10 Å². The highest BCUT2D eigenvalue weighted by Gasteiger charge is 2.10. The number of hydrazone groups is 1. The van der Waals surface area contributed by atoms with Crippen molar-refractivity contribution in [3.63, 3.8) is 0 Å². The summed E-state index contributed by atoms with van der Waals surface area (Å²) in [7, 11) is 0. The summed E-state index contributed by atoms with van der Waals surface area (Å²) in [6.07, 6.45) is 12.7. The fourth-order valence-corrected chi connectivity index (χ4v) is 3.30. The molecule has 2 aromatic carbocycles. The predicted octanol–water partition coefficient (Wildman–Crippen LogP) is 6.25. The number of aromatic nitrogens is 2. The normalized spacial score (nSPS) is 11.3. The lowest BCUT2D eigenvalue weighted by Crippen LogP contribution is -2.17. The molecule has 0 radical (unpaired) electrons. The molecule has 33 heavy (non-hydrogen) atoms. The molecule has 1 aromatic heterocycles. The molecule has 0 spiro atoms. The van der Waals surface area contributed by atoms with E-state index in [4.69, 9.17) is 4.74 Å². The number of carbonyl (C=O) groups is 1. The van der Waals surface area contributed by atoms with Gasteiger partial charge in [-0.05, 0) is 48.4 Å². The molecule has 2 N–H and O–H groups in total. The minimum Gasteiger partial charge on any atom is -0.494 e. The number of nitrogens with one attached hydrogen (secondary N) is 2. The van der Waals surface area contributed by atoms with Gasteiger partial charge in [0.1, 0.15) is 11.4 Å². The Bertz CT molecular complexity index is 1020. The molecule has 3 aromatic rings. The molecule has 0 bridgehead atoms. The first-order valence-corrected chi connectivity index (χ1v) is 11.6. The SMILES string of the molecule is CCCCCCCCOc1ccc(-c2cc(C(=O)NN=CC=Cc3ccccc3)[nH]n2)cc1. The quantitative estimate of drug-likeness (QED) is 0.186. The lowest BCUT2D eigenvalue weighted by Gasteiger charge is -2.06. The number of unbranched alkanes of at least 4 members (excludes halogenated alkanes) is 5. The summed E-state index contributed by atoms with van der Waals surface area (Å²) < 4.78 is 5.83. The maximum Gasteiger partial charge on any atom is 0.289 e. The third kappa shape index (κ3) is 8.41. The summed E-state index contributed by atoms with van der Waals surface area (Å²) in [5.74, 6) is 0.496. The molecule has 6 heteroatoms. The number of aromatic amines is 1. The third-order valence-corrected chi connectivity index (χ3v) is 5.15. The monoisotopic (exact) mass is 444 g/mol. The third-order valence-electron chi connectivity index (χ3n) is 5.15. The first-order valence-electron chi connectivity index (χ1n) is 11.6. The highest BCUT2D eigenvalue weighted by atomic mass is 16.5. The van der Waals surface area contributed by atoms with Gasteiger partial charge in [-0.15, -0.1) is 0 Å². The van der Waals surface area contributed by atoms with Gasteiger partial charge in [0.15, 0.2) is 0 Å². The van der Waals surface area contributed by atoms with Crippen LogP contribution in [-0.2, 0) is 0 Å². The van der Waals surface area contributed by atoms with E-state index in [0.717, 1.165) is 29.9 Å². The van der Waals surface area contributed by atoms with E-state index in [1.165, 1.54) is 38.3 Å². The van der Waals surface area contributed by atoms with Gasteiger partial charge in [-0.1, -0.05) is 75.4 Å². The Morgan fingerprint density at radius 1 is 1.03 bits per heavy atom. The number of nitrogens with zero attached hydrogens (tertiary/aromatic N) is 2. The summed E-state index contributed by atoms with van der Waals surface area (Å²) >= 11 is 0. The summed E-state index contributed by atoms with van der Waals surface area (Å²) in [4.78, 5) is 12.3. The van der Waals surface area contributed by atoms with Crippen LogP contribution in [0.5, 0.6) is 5.75 Å². The van der Waals surface area contributed by atoms with Crippen molar-refractivity contribution in [1.29, 1.82) is 0 Å². The van der Waals surface area contributed by atoms with Crippen LogP contribution in [0.4, 0.5) is 0 Å². The number of benzene rings is 2. The maximum absolute atomic E-state index is 12.3.